The number of phenols is 1. The van der Waals surface area contributed by atoms with Gasteiger partial charge >= 0.3 is 6.72 Å². The average molecular weight is 378 g/mol. The summed E-state index contributed by atoms with van der Waals surface area (Å²) in [5.74, 6) is -0.135. The third-order valence-corrected chi connectivity index (χ3v) is 6.09. The molecule has 0 spiro atoms. The molecule has 0 atom stereocenters. The summed E-state index contributed by atoms with van der Waals surface area (Å²) in [6.45, 7) is -2.82. The first-order chi connectivity index (χ1) is 9.47. The van der Waals surface area contributed by atoms with Crippen LogP contribution in [0, 0.1) is 0 Å². The Morgan fingerprint density at radius 1 is 1.29 bits per heavy atom. The lowest BCUT2D eigenvalue weighted by Gasteiger charge is -2.11. The number of hydrogen-bond acceptors (Lipinski definition) is 6. The summed E-state index contributed by atoms with van der Waals surface area (Å²) in [4.78, 5) is 8.67. The molecule has 0 heterocycles. The maximum Gasteiger partial charge on any atom is 0.323 e. The van der Waals surface area contributed by atoms with Crippen molar-refractivity contribution in [1.82, 2.24) is 4.31 Å². The van der Waals surface area contributed by atoms with Crippen LogP contribution in [0.1, 0.15) is 0 Å². The fourth-order valence-electron chi connectivity index (χ4n) is 0.933. The molecule has 0 saturated carbocycles. The van der Waals surface area contributed by atoms with Crippen molar-refractivity contribution in [3.05, 3.63) is 23.2 Å². The molecule has 0 aliphatic carbocycles. The molecule has 0 bridgehead atoms. The molecule has 0 amide bonds. The maximum atomic E-state index is 11.6. The summed E-state index contributed by atoms with van der Waals surface area (Å²) in [6, 6.07) is 3.77. The van der Waals surface area contributed by atoms with Crippen molar-refractivity contribution in [3.8, 4) is 5.75 Å². The Balaban J connectivity index is 0.000000486. The van der Waals surface area contributed by atoms with E-state index >= 15 is 0 Å². The van der Waals surface area contributed by atoms with Gasteiger partial charge in [-0.25, -0.2) is 12.7 Å². The summed E-state index contributed by atoms with van der Waals surface area (Å²) in [7, 11) is 1.99. The first-order valence-corrected chi connectivity index (χ1v) is 9.74. The predicted octanol–water partition coefficient (Wildman–Crippen LogP) is 1.79. The van der Waals surface area contributed by atoms with Gasteiger partial charge in [-0.2, -0.15) is 0 Å². The largest absolute Gasteiger partial charge is 0.506 e. The first-order valence-electron chi connectivity index (χ1n) is 5.33. The Labute approximate surface area is 134 Å². The molecule has 0 unspecified atom stereocenters. The van der Waals surface area contributed by atoms with E-state index in [0.29, 0.717) is 0 Å². The fourth-order valence-corrected chi connectivity index (χ4v) is 2.26. The fraction of sp³-hybridized carbons (Fsp3) is 0.400. The minimum atomic E-state index is -3.48. The molecule has 0 aliphatic rings. The van der Waals surface area contributed by atoms with Crippen molar-refractivity contribution < 1.29 is 27.5 Å². The molecule has 0 saturated heterocycles. The molecule has 1 rings (SSSR count). The number of hydrogen-bond donors (Lipinski definition) is 2. The van der Waals surface area contributed by atoms with E-state index in [1.54, 1.807) is 0 Å². The van der Waals surface area contributed by atoms with Crippen LogP contribution in [0.5, 0.6) is 5.75 Å². The summed E-state index contributed by atoms with van der Waals surface area (Å²) in [5, 5.41) is 9.13. The topological polar surface area (TPSA) is 96.3 Å². The lowest BCUT2D eigenvalue weighted by Crippen LogP contribution is -2.22. The molecule has 21 heavy (non-hydrogen) atoms. The highest BCUT2D eigenvalue weighted by Crippen LogP contribution is 2.40. The van der Waals surface area contributed by atoms with E-state index in [0.717, 1.165) is 4.31 Å². The van der Waals surface area contributed by atoms with Crippen LogP contribution in [0.3, 0.4) is 0 Å². The summed E-state index contributed by atoms with van der Waals surface area (Å²) < 4.78 is 32.9. The average Bonchev–Trinajstić information content (AvgIpc) is 2.42. The SMILES string of the molecule is CN(C)S(=O)(=O)c1ccc(O)c(Cl)c1.COP(O)(=S)OC. The number of nitrogens with zero attached hydrogens (tertiary/aromatic N) is 1. The normalized spacial score (nSPS) is 12.0. The molecule has 122 valence electrons. The zero-order valence-corrected chi connectivity index (χ0v) is 15.1. The monoisotopic (exact) mass is 377 g/mol. The van der Waals surface area contributed by atoms with E-state index in [9.17, 15) is 8.42 Å². The molecule has 2 N–H and O–H groups in total. The Morgan fingerprint density at radius 2 is 1.76 bits per heavy atom. The Morgan fingerprint density at radius 3 is 2.05 bits per heavy atom. The van der Waals surface area contributed by atoms with Crippen LogP contribution in [0.4, 0.5) is 0 Å². The van der Waals surface area contributed by atoms with Gasteiger partial charge in [-0.1, -0.05) is 11.6 Å². The number of benzene rings is 1. The van der Waals surface area contributed by atoms with E-state index in [4.69, 9.17) is 21.6 Å². The molecule has 1 aromatic carbocycles. The lowest BCUT2D eigenvalue weighted by atomic mass is 10.3. The van der Waals surface area contributed by atoms with Crippen molar-refractivity contribution >= 4 is 40.1 Å². The molecule has 0 radical (unpaired) electrons. The Bertz CT molecular complexity index is 614. The minimum Gasteiger partial charge on any atom is -0.506 e. The van der Waals surface area contributed by atoms with Gasteiger partial charge in [0.05, 0.1) is 9.92 Å². The van der Waals surface area contributed by atoms with Crippen LogP contribution >= 0.6 is 18.3 Å². The molecule has 7 nitrogen and oxygen atoms in total. The Hall–Kier alpha value is -0.250. The first kappa shape index (κ1) is 20.8. The summed E-state index contributed by atoms with van der Waals surface area (Å²) >= 11 is 9.96. The molecule has 11 heteroatoms. The van der Waals surface area contributed by atoms with Gasteiger partial charge in [-0.3, -0.25) is 0 Å². The highest BCUT2D eigenvalue weighted by molar-refractivity contribution is 8.07. The van der Waals surface area contributed by atoms with Crippen LogP contribution in [-0.2, 0) is 30.9 Å². The predicted molar refractivity (Wildman–Crippen MR) is 84.5 cm³/mol. The molecule has 1 aromatic rings. The van der Waals surface area contributed by atoms with Crippen molar-refractivity contribution in [2.75, 3.05) is 28.3 Å². The highest BCUT2D eigenvalue weighted by Gasteiger charge is 2.17. The van der Waals surface area contributed by atoms with Crippen LogP contribution in [-0.4, -0.2) is 51.0 Å². The quantitative estimate of drug-likeness (QED) is 0.772. The van der Waals surface area contributed by atoms with E-state index in [-0.39, 0.29) is 15.7 Å². The smallest absolute Gasteiger partial charge is 0.323 e. The number of phenolic OH excluding ortho intramolecular Hbond substituents is 1. The van der Waals surface area contributed by atoms with Gasteiger partial charge in [0, 0.05) is 28.3 Å². The molecule has 0 aromatic heterocycles. The van der Waals surface area contributed by atoms with Crippen molar-refractivity contribution in [2.45, 2.75) is 4.90 Å². The molecular weight excluding hydrogens is 361 g/mol. The van der Waals surface area contributed by atoms with Crippen molar-refractivity contribution in [1.29, 1.82) is 0 Å². The number of rotatable bonds is 4. The standard InChI is InChI=1S/C8H10ClNO3S.C2H7O3PS/c1-10(2)14(12,13)6-3-4-8(11)7(9)5-6;1-4-6(3,7)5-2/h3-5,11H,1-2H3;1-2H3,(H,3,7). The van der Waals surface area contributed by atoms with E-state index < -0.39 is 16.7 Å². The zero-order valence-electron chi connectivity index (χ0n) is 11.8. The number of sulfonamides is 1. The molecule has 0 fully saturated rings. The van der Waals surface area contributed by atoms with Gasteiger partial charge in [-0.15, -0.1) is 0 Å². The van der Waals surface area contributed by atoms with Crippen molar-refractivity contribution in [2.24, 2.45) is 0 Å². The third kappa shape index (κ3) is 6.58. The van der Waals surface area contributed by atoms with Gasteiger partial charge < -0.3 is 19.0 Å². The minimum absolute atomic E-state index is 0.0212. The van der Waals surface area contributed by atoms with Gasteiger partial charge in [-0.05, 0) is 30.0 Å². The maximum absolute atomic E-state index is 11.6. The van der Waals surface area contributed by atoms with E-state index in [1.165, 1.54) is 46.5 Å². The van der Waals surface area contributed by atoms with Crippen LogP contribution in [0.15, 0.2) is 23.1 Å². The Kier molecular flexibility index (Phi) is 8.30. The number of aromatic hydroxyl groups is 1. The lowest BCUT2D eigenvalue weighted by molar-refractivity contribution is 0.267. The summed E-state index contributed by atoms with van der Waals surface area (Å²) in [6.07, 6.45) is 0. The number of halogens is 1. The van der Waals surface area contributed by atoms with Crippen molar-refractivity contribution in [3.63, 3.8) is 0 Å². The second-order valence-corrected chi connectivity index (χ2v) is 9.35. The van der Waals surface area contributed by atoms with Gasteiger partial charge in [0.2, 0.25) is 10.0 Å². The molecule has 0 aliphatic heterocycles. The van der Waals surface area contributed by atoms with E-state index in [1.807, 2.05) is 0 Å². The summed E-state index contributed by atoms with van der Waals surface area (Å²) in [5.41, 5.74) is 0. The third-order valence-electron chi connectivity index (χ3n) is 2.16. The highest BCUT2D eigenvalue weighted by atomic mass is 35.5. The van der Waals surface area contributed by atoms with Gasteiger partial charge in [0.1, 0.15) is 5.75 Å². The van der Waals surface area contributed by atoms with Crippen LogP contribution in [0.25, 0.3) is 0 Å². The zero-order chi connectivity index (χ0) is 16.8. The van der Waals surface area contributed by atoms with Gasteiger partial charge in [0.15, 0.2) is 0 Å². The van der Waals surface area contributed by atoms with Gasteiger partial charge in [0.25, 0.3) is 0 Å². The second-order valence-electron chi connectivity index (χ2n) is 3.73. The molecular formula is C10H17ClNO6PS2. The second kappa shape index (κ2) is 8.40. The van der Waals surface area contributed by atoms with Crippen LogP contribution in [0.2, 0.25) is 5.02 Å². The van der Waals surface area contributed by atoms with E-state index in [2.05, 4.69) is 20.9 Å². The van der Waals surface area contributed by atoms with Crippen LogP contribution < -0.4 is 0 Å².